The zero-order valence-corrected chi connectivity index (χ0v) is 15.4. The standard InChI is InChI=1S/C23H25N3O/c1-17-24-16-21(22(25-17)18-8-4-2-5-9-18)23(27)19-10-12-20(13-11-19)26-14-6-3-7-15-26/h2,4-5,8-13,16,22,24-25H,1,3,6-7,14-15H2. The van der Waals surface area contributed by atoms with Gasteiger partial charge in [-0.05, 0) is 49.1 Å². The molecule has 0 bridgehead atoms. The highest BCUT2D eigenvalue weighted by molar-refractivity contribution is 6.09. The third-order valence-electron chi connectivity index (χ3n) is 5.28. The molecule has 2 aromatic carbocycles. The number of Topliss-reactive ketones (excluding diaryl/α,β-unsaturated/α-hetero) is 1. The summed E-state index contributed by atoms with van der Waals surface area (Å²) in [6.07, 6.45) is 5.58. The summed E-state index contributed by atoms with van der Waals surface area (Å²) in [5, 5.41) is 6.34. The maximum atomic E-state index is 13.2. The normalized spacial score (nSPS) is 19.7. The number of nitrogens with one attached hydrogen (secondary N) is 2. The minimum atomic E-state index is -0.200. The molecule has 0 radical (unpaired) electrons. The van der Waals surface area contributed by atoms with Crippen LogP contribution in [0.25, 0.3) is 0 Å². The second kappa shape index (κ2) is 7.70. The second-order valence-electron chi connectivity index (χ2n) is 7.13. The van der Waals surface area contributed by atoms with E-state index in [0.29, 0.717) is 17.0 Å². The lowest BCUT2D eigenvalue weighted by atomic mass is 9.91. The number of hydrogen-bond donors (Lipinski definition) is 2. The number of carbonyl (C=O) groups is 1. The summed E-state index contributed by atoms with van der Waals surface area (Å²) in [5.74, 6) is 0.724. The molecule has 0 saturated carbocycles. The van der Waals surface area contributed by atoms with Crippen molar-refractivity contribution in [2.24, 2.45) is 0 Å². The van der Waals surface area contributed by atoms with Gasteiger partial charge in [-0.2, -0.15) is 0 Å². The molecule has 2 aromatic rings. The quantitative estimate of drug-likeness (QED) is 0.805. The summed E-state index contributed by atoms with van der Waals surface area (Å²) >= 11 is 0. The van der Waals surface area contributed by atoms with Gasteiger partial charge in [0, 0.05) is 36.1 Å². The van der Waals surface area contributed by atoms with Crippen molar-refractivity contribution >= 4 is 11.5 Å². The molecule has 0 amide bonds. The van der Waals surface area contributed by atoms with E-state index in [9.17, 15) is 4.79 Å². The topological polar surface area (TPSA) is 44.4 Å². The van der Waals surface area contributed by atoms with Gasteiger partial charge in [-0.25, -0.2) is 0 Å². The lowest BCUT2D eigenvalue weighted by Gasteiger charge is -2.29. The van der Waals surface area contributed by atoms with Crippen LogP contribution in [-0.2, 0) is 0 Å². The molecule has 2 heterocycles. The fourth-order valence-corrected chi connectivity index (χ4v) is 3.79. The highest BCUT2D eigenvalue weighted by atomic mass is 16.1. The summed E-state index contributed by atoms with van der Waals surface area (Å²) in [6, 6.07) is 17.8. The lowest BCUT2D eigenvalue weighted by molar-refractivity contribution is 0.102. The van der Waals surface area contributed by atoms with Gasteiger partial charge in [-0.15, -0.1) is 0 Å². The van der Waals surface area contributed by atoms with Crippen LogP contribution >= 0.6 is 0 Å². The summed E-state index contributed by atoms with van der Waals surface area (Å²) < 4.78 is 0. The molecule has 138 valence electrons. The maximum absolute atomic E-state index is 13.2. The maximum Gasteiger partial charge on any atom is 0.192 e. The molecule has 1 saturated heterocycles. The predicted molar refractivity (Wildman–Crippen MR) is 110 cm³/mol. The van der Waals surface area contributed by atoms with Crippen LogP contribution in [0.4, 0.5) is 5.69 Å². The zero-order valence-electron chi connectivity index (χ0n) is 15.4. The first-order valence-corrected chi connectivity index (χ1v) is 9.59. The van der Waals surface area contributed by atoms with Crippen LogP contribution in [0, 0.1) is 0 Å². The molecule has 4 nitrogen and oxygen atoms in total. The number of carbonyl (C=O) groups excluding carboxylic acids is 1. The van der Waals surface area contributed by atoms with E-state index in [0.717, 1.165) is 18.7 Å². The molecule has 1 atom stereocenters. The largest absolute Gasteiger partial charge is 0.372 e. The predicted octanol–water partition coefficient (Wildman–Crippen LogP) is 4.15. The van der Waals surface area contributed by atoms with Crippen molar-refractivity contribution in [3.05, 3.63) is 89.9 Å². The molecule has 0 aromatic heterocycles. The van der Waals surface area contributed by atoms with Crippen molar-refractivity contribution in [3.8, 4) is 0 Å². The SMILES string of the molecule is C=C1NC=C(C(=O)c2ccc(N3CCCCC3)cc2)C(c2ccccc2)N1. The monoisotopic (exact) mass is 359 g/mol. The Bertz CT molecular complexity index is 849. The van der Waals surface area contributed by atoms with Crippen molar-refractivity contribution in [2.75, 3.05) is 18.0 Å². The first kappa shape index (κ1) is 17.4. The van der Waals surface area contributed by atoms with E-state index in [4.69, 9.17) is 0 Å². The molecule has 2 N–H and O–H groups in total. The second-order valence-corrected chi connectivity index (χ2v) is 7.13. The Morgan fingerprint density at radius 2 is 1.67 bits per heavy atom. The Balaban J connectivity index is 1.57. The van der Waals surface area contributed by atoms with Gasteiger partial charge >= 0.3 is 0 Å². The number of hydrogen-bond acceptors (Lipinski definition) is 4. The number of nitrogens with zero attached hydrogens (tertiary/aromatic N) is 1. The van der Waals surface area contributed by atoms with E-state index in [-0.39, 0.29) is 11.8 Å². The molecule has 0 aliphatic carbocycles. The Morgan fingerprint density at radius 3 is 2.37 bits per heavy atom. The van der Waals surface area contributed by atoms with Crippen LogP contribution < -0.4 is 15.5 Å². The number of rotatable bonds is 4. The van der Waals surface area contributed by atoms with Gasteiger partial charge in [-0.1, -0.05) is 36.9 Å². The average Bonchev–Trinajstić information content (AvgIpc) is 2.74. The first-order chi connectivity index (χ1) is 13.2. The molecule has 4 rings (SSSR count). The lowest BCUT2D eigenvalue weighted by Crippen LogP contribution is -2.35. The zero-order chi connectivity index (χ0) is 18.6. The molecular formula is C23H25N3O. The highest BCUT2D eigenvalue weighted by Gasteiger charge is 2.26. The molecule has 1 fully saturated rings. The Morgan fingerprint density at radius 1 is 0.963 bits per heavy atom. The third kappa shape index (κ3) is 3.75. The molecule has 27 heavy (non-hydrogen) atoms. The van der Waals surface area contributed by atoms with Gasteiger partial charge in [-0.3, -0.25) is 4.79 Å². The van der Waals surface area contributed by atoms with Crippen molar-refractivity contribution in [1.29, 1.82) is 0 Å². The molecule has 2 aliphatic rings. The number of piperidine rings is 1. The van der Waals surface area contributed by atoms with Gasteiger partial charge in [0.15, 0.2) is 5.78 Å². The van der Waals surface area contributed by atoms with E-state index in [1.807, 2.05) is 42.5 Å². The number of anilines is 1. The van der Waals surface area contributed by atoms with E-state index in [1.54, 1.807) is 6.20 Å². The Hall–Kier alpha value is -3.01. The van der Waals surface area contributed by atoms with E-state index >= 15 is 0 Å². The fourth-order valence-electron chi connectivity index (χ4n) is 3.79. The van der Waals surface area contributed by atoms with Crippen LogP contribution in [0.2, 0.25) is 0 Å². The minimum absolute atomic E-state index is 0.0292. The van der Waals surface area contributed by atoms with Gasteiger partial charge in [0.05, 0.1) is 11.9 Å². The van der Waals surface area contributed by atoms with Crippen molar-refractivity contribution in [3.63, 3.8) is 0 Å². The first-order valence-electron chi connectivity index (χ1n) is 9.59. The van der Waals surface area contributed by atoms with Crippen molar-refractivity contribution in [2.45, 2.75) is 25.3 Å². The smallest absolute Gasteiger partial charge is 0.192 e. The van der Waals surface area contributed by atoms with Gasteiger partial charge in [0.2, 0.25) is 0 Å². The molecule has 4 heteroatoms. The fraction of sp³-hybridized carbons (Fsp3) is 0.261. The van der Waals surface area contributed by atoms with Crippen LogP contribution in [-0.4, -0.2) is 18.9 Å². The van der Waals surface area contributed by atoms with Gasteiger partial charge in [0.25, 0.3) is 0 Å². The summed E-state index contributed by atoms with van der Waals surface area (Å²) in [5.41, 5.74) is 3.65. The Kier molecular flexibility index (Phi) is 4.97. The Labute approximate surface area is 160 Å². The third-order valence-corrected chi connectivity index (χ3v) is 5.28. The van der Waals surface area contributed by atoms with E-state index in [2.05, 4.69) is 34.2 Å². The molecule has 0 spiro atoms. The van der Waals surface area contributed by atoms with Crippen LogP contribution in [0.15, 0.2) is 78.8 Å². The van der Waals surface area contributed by atoms with Crippen LogP contribution in [0.5, 0.6) is 0 Å². The van der Waals surface area contributed by atoms with Gasteiger partial charge in [0.1, 0.15) is 0 Å². The van der Waals surface area contributed by atoms with Crippen LogP contribution in [0.1, 0.15) is 41.2 Å². The summed E-state index contributed by atoms with van der Waals surface area (Å²) in [4.78, 5) is 15.6. The molecule has 2 aliphatic heterocycles. The molecular weight excluding hydrogens is 334 g/mol. The minimum Gasteiger partial charge on any atom is -0.372 e. The summed E-state index contributed by atoms with van der Waals surface area (Å²) in [6.45, 7) is 6.14. The number of benzene rings is 2. The number of ketones is 1. The van der Waals surface area contributed by atoms with Crippen LogP contribution in [0.3, 0.4) is 0 Å². The average molecular weight is 359 g/mol. The van der Waals surface area contributed by atoms with E-state index < -0.39 is 0 Å². The van der Waals surface area contributed by atoms with Crippen molar-refractivity contribution in [1.82, 2.24) is 10.6 Å². The summed E-state index contributed by atoms with van der Waals surface area (Å²) in [7, 11) is 0. The molecule has 1 unspecified atom stereocenters. The highest BCUT2D eigenvalue weighted by Crippen LogP contribution is 2.28. The van der Waals surface area contributed by atoms with Crippen molar-refractivity contribution < 1.29 is 4.79 Å². The van der Waals surface area contributed by atoms with E-state index in [1.165, 1.54) is 24.9 Å². The van der Waals surface area contributed by atoms with Gasteiger partial charge < -0.3 is 15.5 Å².